The fourth-order valence-electron chi connectivity index (χ4n) is 4.28. The van der Waals surface area contributed by atoms with Crippen LogP contribution in [0.3, 0.4) is 0 Å². The molecule has 0 aromatic heterocycles. The summed E-state index contributed by atoms with van der Waals surface area (Å²) in [4.78, 5) is 0. The van der Waals surface area contributed by atoms with Gasteiger partial charge in [0.2, 0.25) is 0 Å². The zero-order valence-electron chi connectivity index (χ0n) is 19.2. The van der Waals surface area contributed by atoms with Gasteiger partial charge < -0.3 is 10.2 Å². The molecule has 2 nitrogen and oxygen atoms in total. The highest BCUT2D eigenvalue weighted by molar-refractivity contribution is 5.75. The van der Waals surface area contributed by atoms with E-state index in [9.17, 15) is 10.2 Å². The van der Waals surface area contributed by atoms with Crippen LogP contribution in [0, 0.1) is 12.8 Å². The Balaban J connectivity index is 1.83. The van der Waals surface area contributed by atoms with E-state index in [0.717, 1.165) is 32.1 Å². The molecule has 2 N–H and O–H groups in total. The molecule has 0 fully saturated rings. The average molecular weight is 417 g/mol. The van der Waals surface area contributed by atoms with E-state index in [0.29, 0.717) is 0 Å². The van der Waals surface area contributed by atoms with E-state index < -0.39 is 0 Å². The summed E-state index contributed by atoms with van der Waals surface area (Å²) in [6.45, 7) is 6.70. The van der Waals surface area contributed by atoms with Crippen LogP contribution in [-0.4, -0.2) is 23.4 Å². The first-order valence-corrected chi connectivity index (χ1v) is 11.6. The van der Waals surface area contributed by atoms with Crippen molar-refractivity contribution in [1.82, 2.24) is 0 Å². The summed E-state index contributed by atoms with van der Waals surface area (Å²) in [6, 6.07) is 22.5. The molecule has 3 aromatic rings. The second-order valence-electron chi connectivity index (χ2n) is 8.56. The first-order chi connectivity index (χ1) is 15.1. The van der Waals surface area contributed by atoms with E-state index >= 15 is 0 Å². The molecule has 0 saturated carbocycles. The Morgan fingerprint density at radius 2 is 1.29 bits per heavy atom. The first-order valence-electron chi connectivity index (χ1n) is 11.6. The third kappa shape index (κ3) is 5.84. The van der Waals surface area contributed by atoms with Gasteiger partial charge in [-0.25, -0.2) is 0 Å². The van der Waals surface area contributed by atoms with Crippen molar-refractivity contribution in [3.05, 3.63) is 82.9 Å². The summed E-state index contributed by atoms with van der Waals surface area (Å²) in [5, 5.41) is 18.5. The SMILES string of the molecule is CCc1cc(CCCC(CO)CO)ccc1-c1ccc(-c2ccc(C)cc2)c(CC)c1. The number of aryl methyl sites for hydroxylation is 4. The van der Waals surface area contributed by atoms with Gasteiger partial charge in [-0.1, -0.05) is 80.1 Å². The van der Waals surface area contributed by atoms with Gasteiger partial charge >= 0.3 is 0 Å². The topological polar surface area (TPSA) is 40.5 Å². The Kier molecular flexibility index (Phi) is 8.45. The second kappa shape index (κ2) is 11.3. The summed E-state index contributed by atoms with van der Waals surface area (Å²) >= 11 is 0. The number of aliphatic hydroxyl groups excluding tert-OH is 2. The van der Waals surface area contributed by atoms with Gasteiger partial charge in [-0.3, -0.25) is 0 Å². The molecule has 0 bridgehead atoms. The van der Waals surface area contributed by atoms with Crippen LogP contribution in [0.2, 0.25) is 0 Å². The van der Waals surface area contributed by atoms with Crippen molar-refractivity contribution in [2.75, 3.05) is 13.2 Å². The normalized spacial score (nSPS) is 11.3. The fraction of sp³-hybridized carbons (Fsp3) is 0.379. The van der Waals surface area contributed by atoms with Crippen LogP contribution in [-0.2, 0) is 19.3 Å². The van der Waals surface area contributed by atoms with E-state index in [2.05, 4.69) is 81.4 Å². The first kappa shape index (κ1) is 23.2. The molecule has 0 spiro atoms. The lowest BCUT2D eigenvalue weighted by atomic mass is 9.90. The van der Waals surface area contributed by atoms with Crippen LogP contribution < -0.4 is 0 Å². The van der Waals surface area contributed by atoms with Gasteiger partial charge in [-0.05, 0) is 78.0 Å². The van der Waals surface area contributed by atoms with Crippen LogP contribution in [0.5, 0.6) is 0 Å². The molecule has 0 aliphatic rings. The van der Waals surface area contributed by atoms with Crippen LogP contribution in [0.25, 0.3) is 22.3 Å². The number of aliphatic hydroxyl groups is 2. The minimum Gasteiger partial charge on any atom is -0.396 e. The largest absolute Gasteiger partial charge is 0.396 e. The number of rotatable bonds is 10. The van der Waals surface area contributed by atoms with E-state index in [1.807, 2.05) is 0 Å². The summed E-state index contributed by atoms with van der Waals surface area (Å²) < 4.78 is 0. The molecule has 164 valence electrons. The molecule has 3 aromatic carbocycles. The monoisotopic (exact) mass is 416 g/mol. The molecule has 0 heterocycles. The number of hydrogen-bond acceptors (Lipinski definition) is 2. The summed E-state index contributed by atoms with van der Waals surface area (Å²) in [7, 11) is 0. The zero-order valence-corrected chi connectivity index (χ0v) is 19.2. The van der Waals surface area contributed by atoms with Crippen molar-refractivity contribution in [2.24, 2.45) is 5.92 Å². The molecule has 31 heavy (non-hydrogen) atoms. The Morgan fingerprint density at radius 3 is 1.94 bits per heavy atom. The summed E-state index contributed by atoms with van der Waals surface area (Å²) in [5.74, 6) is 0.00410. The quantitative estimate of drug-likeness (QED) is 0.403. The summed E-state index contributed by atoms with van der Waals surface area (Å²) in [5.41, 5.74) is 10.6. The molecule has 0 unspecified atom stereocenters. The molecule has 0 radical (unpaired) electrons. The Bertz CT molecular complexity index is 969. The minimum absolute atomic E-state index is 0.00410. The average Bonchev–Trinajstić information content (AvgIpc) is 2.82. The maximum Gasteiger partial charge on any atom is 0.0481 e. The van der Waals surface area contributed by atoms with Gasteiger partial charge in [0.05, 0.1) is 0 Å². The maximum atomic E-state index is 9.25. The van der Waals surface area contributed by atoms with E-state index in [1.54, 1.807) is 0 Å². The van der Waals surface area contributed by atoms with Crippen molar-refractivity contribution >= 4 is 0 Å². The van der Waals surface area contributed by atoms with Crippen molar-refractivity contribution in [3.8, 4) is 22.3 Å². The van der Waals surface area contributed by atoms with Gasteiger partial charge in [0.15, 0.2) is 0 Å². The van der Waals surface area contributed by atoms with Gasteiger partial charge in [-0.2, -0.15) is 0 Å². The Hall–Kier alpha value is -2.42. The molecule has 2 heteroatoms. The molecule has 0 aliphatic heterocycles. The predicted octanol–water partition coefficient (Wildman–Crippen LogP) is 6.38. The van der Waals surface area contributed by atoms with Crippen LogP contribution in [0.1, 0.15) is 48.9 Å². The lowest BCUT2D eigenvalue weighted by Crippen LogP contribution is -2.11. The zero-order chi connectivity index (χ0) is 22.2. The van der Waals surface area contributed by atoms with Crippen molar-refractivity contribution < 1.29 is 10.2 Å². The van der Waals surface area contributed by atoms with Gasteiger partial charge in [0.25, 0.3) is 0 Å². The smallest absolute Gasteiger partial charge is 0.0481 e. The lowest BCUT2D eigenvalue weighted by molar-refractivity contribution is 0.142. The predicted molar refractivity (Wildman–Crippen MR) is 131 cm³/mol. The van der Waals surface area contributed by atoms with Crippen molar-refractivity contribution in [3.63, 3.8) is 0 Å². The highest BCUT2D eigenvalue weighted by atomic mass is 16.3. The summed E-state index contributed by atoms with van der Waals surface area (Å²) in [6.07, 6.45) is 4.83. The number of hydrogen-bond donors (Lipinski definition) is 2. The van der Waals surface area contributed by atoms with Gasteiger partial charge in [0.1, 0.15) is 0 Å². The van der Waals surface area contributed by atoms with Crippen LogP contribution in [0.4, 0.5) is 0 Å². The molecular formula is C29H36O2. The maximum absolute atomic E-state index is 9.25. The van der Waals surface area contributed by atoms with Crippen LogP contribution >= 0.6 is 0 Å². The molecule has 3 rings (SSSR count). The van der Waals surface area contributed by atoms with Gasteiger partial charge in [0, 0.05) is 19.1 Å². The van der Waals surface area contributed by atoms with Gasteiger partial charge in [-0.15, -0.1) is 0 Å². The van der Waals surface area contributed by atoms with E-state index in [-0.39, 0.29) is 19.1 Å². The minimum atomic E-state index is 0.00410. The lowest BCUT2D eigenvalue weighted by Gasteiger charge is -2.15. The third-order valence-electron chi connectivity index (χ3n) is 6.30. The third-order valence-corrected chi connectivity index (χ3v) is 6.30. The molecule has 0 saturated heterocycles. The second-order valence-corrected chi connectivity index (χ2v) is 8.56. The molecule has 0 aliphatic carbocycles. The number of benzene rings is 3. The molecule has 0 atom stereocenters. The molecular weight excluding hydrogens is 380 g/mol. The molecule has 0 amide bonds. The highest BCUT2D eigenvalue weighted by Crippen LogP contribution is 2.32. The van der Waals surface area contributed by atoms with E-state index in [4.69, 9.17) is 0 Å². The fourth-order valence-corrected chi connectivity index (χ4v) is 4.28. The standard InChI is InChI=1S/C29H36O2/c1-4-24-17-22(7-6-8-23(19-30)20-31)11-15-29(24)27-14-16-28(25(5-2)18-27)26-12-9-21(3)10-13-26/h9-18,23,30-31H,4-8,19-20H2,1-3H3. The van der Waals surface area contributed by atoms with Crippen LogP contribution in [0.15, 0.2) is 60.7 Å². The van der Waals surface area contributed by atoms with Crippen molar-refractivity contribution in [1.29, 1.82) is 0 Å². The Morgan fingerprint density at radius 1 is 0.710 bits per heavy atom. The highest BCUT2D eigenvalue weighted by Gasteiger charge is 2.11. The Labute approximate surface area is 187 Å². The van der Waals surface area contributed by atoms with E-state index in [1.165, 1.54) is 44.5 Å². The van der Waals surface area contributed by atoms with Crippen molar-refractivity contribution in [2.45, 2.75) is 52.9 Å².